The van der Waals surface area contributed by atoms with Crippen LogP contribution in [0.4, 0.5) is 5.95 Å². The Morgan fingerprint density at radius 3 is 2.84 bits per heavy atom. The Labute approximate surface area is 146 Å². The van der Waals surface area contributed by atoms with Crippen molar-refractivity contribution in [3.8, 4) is 0 Å². The second-order valence-corrected chi connectivity index (χ2v) is 8.49. The van der Waals surface area contributed by atoms with Crippen molar-refractivity contribution in [2.45, 2.75) is 18.4 Å². The predicted molar refractivity (Wildman–Crippen MR) is 101 cm³/mol. The quantitative estimate of drug-likeness (QED) is 0.621. The lowest BCUT2D eigenvalue weighted by molar-refractivity contribution is 0.488. The average molecular weight is 357 g/mol. The summed E-state index contributed by atoms with van der Waals surface area (Å²) in [5, 5.41) is 0.559. The van der Waals surface area contributed by atoms with Crippen molar-refractivity contribution < 1.29 is 9.11 Å². The normalized spacial score (nSPS) is 17.8. The van der Waals surface area contributed by atoms with E-state index in [-0.39, 0.29) is 11.3 Å². The molecule has 0 unspecified atom stereocenters. The van der Waals surface area contributed by atoms with Crippen LogP contribution in [0.25, 0.3) is 10.9 Å². The summed E-state index contributed by atoms with van der Waals surface area (Å²) in [4.78, 5) is 22.3. The molecule has 0 saturated heterocycles. The van der Waals surface area contributed by atoms with Gasteiger partial charge in [-0.25, -0.2) is 4.98 Å². The Bertz CT molecular complexity index is 1020. The third-order valence-electron chi connectivity index (χ3n) is 4.48. The van der Waals surface area contributed by atoms with Gasteiger partial charge in [-0.05, 0) is 30.7 Å². The minimum Gasteiger partial charge on any atom is -0.336 e. The van der Waals surface area contributed by atoms with E-state index >= 15 is 0 Å². The number of aromatic amines is 1. The molecule has 2 heterocycles. The van der Waals surface area contributed by atoms with Crippen molar-refractivity contribution in [2.24, 2.45) is 0 Å². The first kappa shape index (κ1) is 16.1. The summed E-state index contributed by atoms with van der Waals surface area (Å²) in [6.45, 7) is 2.80. The van der Waals surface area contributed by atoms with Gasteiger partial charge in [0, 0.05) is 13.1 Å². The van der Waals surface area contributed by atoms with E-state index in [1.54, 1.807) is 12.1 Å². The molecular weight excluding hydrogens is 338 g/mol. The summed E-state index contributed by atoms with van der Waals surface area (Å²) < 4.78 is 20.9. The Balaban J connectivity index is 1.79. The summed E-state index contributed by atoms with van der Waals surface area (Å²) in [6, 6.07) is 12.9. The van der Waals surface area contributed by atoms with Gasteiger partial charge in [-0.3, -0.25) is 18.9 Å². The van der Waals surface area contributed by atoms with Crippen LogP contribution < -0.4 is 10.5 Å². The SMILES string of the molecule is Cc1ccc2nc(N3CCS(O)(O)c4ccccc4C3)[nH]c(=O)c2c1. The number of benzene rings is 2. The topological polar surface area (TPSA) is 89.4 Å². The minimum atomic E-state index is -2.84. The predicted octanol–water partition coefficient (Wildman–Crippen LogP) is 3.36. The Morgan fingerprint density at radius 2 is 2.00 bits per heavy atom. The number of H-pyrrole nitrogens is 1. The minimum absolute atomic E-state index is 0.187. The van der Waals surface area contributed by atoms with Gasteiger partial charge in [0.1, 0.15) is 0 Å². The fourth-order valence-corrected chi connectivity index (χ4v) is 4.70. The highest BCUT2D eigenvalue weighted by atomic mass is 32.3. The van der Waals surface area contributed by atoms with Crippen LogP contribution in [-0.4, -0.2) is 31.4 Å². The number of hydrogen-bond acceptors (Lipinski definition) is 5. The summed E-state index contributed by atoms with van der Waals surface area (Å²) in [6.07, 6.45) is 0. The Hall–Kier alpha value is -2.35. The molecule has 0 bridgehead atoms. The van der Waals surface area contributed by atoms with Crippen molar-refractivity contribution >= 4 is 27.4 Å². The largest absolute Gasteiger partial charge is 0.336 e. The number of fused-ring (bicyclic) bond motifs is 2. The molecular formula is C18H19N3O3S. The summed E-state index contributed by atoms with van der Waals surface area (Å²) in [5.41, 5.74) is 2.29. The second kappa shape index (κ2) is 5.87. The van der Waals surface area contributed by atoms with Gasteiger partial charge < -0.3 is 4.90 Å². The maximum Gasteiger partial charge on any atom is 0.260 e. The van der Waals surface area contributed by atoms with Crippen LogP contribution in [-0.2, 0) is 6.54 Å². The van der Waals surface area contributed by atoms with Crippen molar-refractivity contribution in [2.75, 3.05) is 17.2 Å². The van der Waals surface area contributed by atoms with Crippen molar-refractivity contribution in [3.05, 3.63) is 63.9 Å². The number of rotatable bonds is 1. The van der Waals surface area contributed by atoms with Gasteiger partial charge in [-0.15, -0.1) is 0 Å². The highest BCUT2D eigenvalue weighted by Crippen LogP contribution is 2.51. The summed E-state index contributed by atoms with van der Waals surface area (Å²) in [5.74, 6) is 0.660. The van der Waals surface area contributed by atoms with Crippen LogP contribution in [0.1, 0.15) is 11.1 Å². The van der Waals surface area contributed by atoms with E-state index in [1.807, 2.05) is 42.2 Å². The lowest BCUT2D eigenvalue weighted by Gasteiger charge is -2.32. The molecule has 0 atom stereocenters. The number of anilines is 1. The highest BCUT2D eigenvalue weighted by molar-refractivity contribution is 8.24. The lowest BCUT2D eigenvalue weighted by atomic mass is 10.2. The number of nitrogens with zero attached hydrogens (tertiary/aromatic N) is 2. The number of aromatic nitrogens is 2. The maximum absolute atomic E-state index is 12.4. The molecule has 3 N–H and O–H groups in total. The molecule has 1 aliphatic heterocycles. The highest BCUT2D eigenvalue weighted by Gasteiger charge is 2.26. The van der Waals surface area contributed by atoms with E-state index in [1.165, 1.54) is 0 Å². The molecule has 0 radical (unpaired) electrons. The van der Waals surface area contributed by atoms with E-state index in [9.17, 15) is 13.9 Å². The third-order valence-corrected chi connectivity index (χ3v) is 6.33. The van der Waals surface area contributed by atoms with Crippen molar-refractivity contribution in [1.29, 1.82) is 0 Å². The third kappa shape index (κ3) is 2.90. The van der Waals surface area contributed by atoms with Crippen LogP contribution in [0.5, 0.6) is 0 Å². The van der Waals surface area contributed by atoms with Crippen LogP contribution in [0.2, 0.25) is 0 Å². The number of hydrogen-bond donors (Lipinski definition) is 3. The molecule has 0 fully saturated rings. The molecule has 6 nitrogen and oxygen atoms in total. The van der Waals surface area contributed by atoms with Crippen LogP contribution in [0, 0.1) is 6.92 Å². The van der Waals surface area contributed by atoms with Crippen molar-refractivity contribution in [1.82, 2.24) is 9.97 Å². The van der Waals surface area contributed by atoms with E-state index in [2.05, 4.69) is 9.97 Å². The summed E-state index contributed by atoms with van der Waals surface area (Å²) in [7, 11) is -2.84. The van der Waals surface area contributed by atoms with Crippen LogP contribution in [0.15, 0.2) is 52.2 Å². The lowest BCUT2D eigenvalue weighted by Crippen LogP contribution is -2.29. The zero-order chi connectivity index (χ0) is 17.6. The van der Waals surface area contributed by atoms with Crippen LogP contribution in [0.3, 0.4) is 0 Å². The molecule has 1 aliphatic rings. The van der Waals surface area contributed by atoms with E-state index in [0.717, 1.165) is 11.1 Å². The van der Waals surface area contributed by atoms with Crippen molar-refractivity contribution in [3.63, 3.8) is 0 Å². The maximum atomic E-state index is 12.4. The molecule has 1 aromatic heterocycles. The molecule has 0 amide bonds. The smallest absolute Gasteiger partial charge is 0.260 e. The Kier molecular flexibility index (Phi) is 3.79. The van der Waals surface area contributed by atoms with Crippen LogP contribution >= 0.6 is 10.6 Å². The first-order valence-corrected chi connectivity index (χ1v) is 9.75. The average Bonchev–Trinajstić information content (AvgIpc) is 2.72. The molecule has 0 saturated carbocycles. The van der Waals surface area contributed by atoms with Gasteiger partial charge in [0.2, 0.25) is 5.95 Å². The molecule has 0 spiro atoms. The zero-order valence-corrected chi connectivity index (χ0v) is 14.6. The number of nitrogens with one attached hydrogen (secondary N) is 1. The fraction of sp³-hybridized carbons (Fsp3) is 0.222. The van der Waals surface area contributed by atoms with E-state index in [4.69, 9.17) is 0 Å². The van der Waals surface area contributed by atoms with E-state index < -0.39 is 10.6 Å². The van der Waals surface area contributed by atoms with Gasteiger partial charge in [0.25, 0.3) is 5.56 Å². The standard InChI is InChI=1S/C18H19N3O3S/c1-12-6-7-15-14(10-12)17(22)20-18(19-15)21-8-9-25(23,24)16-5-3-2-4-13(16)11-21/h2-7,10,23-24H,8-9,11H2,1H3,(H,19,20,22). The molecule has 0 aliphatic carbocycles. The molecule has 2 aromatic carbocycles. The first-order valence-electron chi connectivity index (χ1n) is 8.03. The monoisotopic (exact) mass is 357 g/mol. The van der Waals surface area contributed by atoms with Gasteiger partial charge in [0.15, 0.2) is 0 Å². The molecule has 4 rings (SSSR count). The van der Waals surface area contributed by atoms with Gasteiger partial charge in [0.05, 0.1) is 21.6 Å². The molecule has 130 valence electrons. The fourth-order valence-electron chi connectivity index (χ4n) is 3.16. The molecule has 25 heavy (non-hydrogen) atoms. The zero-order valence-electron chi connectivity index (χ0n) is 13.8. The number of aryl methyl sites for hydroxylation is 1. The first-order chi connectivity index (χ1) is 11.9. The van der Waals surface area contributed by atoms with Gasteiger partial charge >= 0.3 is 0 Å². The van der Waals surface area contributed by atoms with E-state index in [0.29, 0.717) is 34.8 Å². The Morgan fingerprint density at radius 1 is 1.20 bits per heavy atom. The molecule has 3 aromatic rings. The molecule has 7 heteroatoms. The van der Waals surface area contributed by atoms with Gasteiger partial charge in [-0.2, -0.15) is 10.6 Å². The summed E-state index contributed by atoms with van der Waals surface area (Å²) >= 11 is 0. The van der Waals surface area contributed by atoms with Gasteiger partial charge in [-0.1, -0.05) is 29.8 Å². The second-order valence-electron chi connectivity index (χ2n) is 6.31.